The Kier molecular flexibility index (Phi) is 3.67. The second-order valence-corrected chi connectivity index (χ2v) is 7.13. The molecular weight excluding hydrogens is 340 g/mol. The van der Waals surface area contributed by atoms with E-state index in [-0.39, 0.29) is 5.56 Å². The van der Waals surface area contributed by atoms with Gasteiger partial charge in [-0.15, -0.1) is 0 Å². The zero-order valence-electron chi connectivity index (χ0n) is 15.1. The number of fused-ring (bicyclic) bond motifs is 2. The van der Waals surface area contributed by atoms with Crippen molar-refractivity contribution in [1.29, 1.82) is 0 Å². The molecule has 1 unspecified atom stereocenters. The number of piperazine rings is 1. The topological polar surface area (TPSA) is 67.2 Å². The molecule has 0 amide bonds. The average molecular weight is 360 g/mol. The van der Waals surface area contributed by atoms with E-state index < -0.39 is 0 Å². The molecule has 7 nitrogen and oxygen atoms in total. The van der Waals surface area contributed by atoms with Gasteiger partial charge in [0.1, 0.15) is 0 Å². The van der Waals surface area contributed by atoms with Crippen molar-refractivity contribution in [3.8, 4) is 11.3 Å². The van der Waals surface area contributed by atoms with Gasteiger partial charge in [-0.1, -0.05) is 0 Å². The molecule has 0 aliphatic carbocycles. The molecule has 27 heavy (non-hydrogen) atoms. The highest BCUT2D eigenvalue weighted by atomic mass is 16.1. The van der Waals surface area contributed by atoms with Crippen LogP contribution < -0.4 is 15.4 Å². The first kappa shape index (κ1) is 16.0. The Morgan fingerprint density at radius 2 is 1.78 bits per heavy atom. The third-order valence-electron chi connectivity index (χ3n) is 5.56. The molecule has 5 heterocycles. The third kappa shape index (κ3) is 2.66. The van der Waals surface area contributed by atoms with Crippen molar-refractivity contribution in [2.45, 2.75) is 18.5 Å². The van der Waals surface area contributed by atoms with E-state index in [0.29, 0.717) is 17.8 Å². The predicted octanol–water partition coefficient (Wildman–Crippen LogP) is 1.70. The van der Waals surface area contributed by atoms with Crippen molar-refractivity contribution in [3.63, 3.8) is 0 Å². The summed E-state index contributed by atoms with van der Waals surface area (Å²) < 4.78 is 1.65. The molecular formula is C20H20N6O. The van der Waals surface area contributed by atoms with Crippen LogP contribution in [0.4, 0.5) is 11.6 Å². The summed E-state index contributed by atoms with van der Waals surface area (Å²) >= 11 is 0. The number of anilines is 2. The van der Waals surface area contributed by atoms with Gasteiger partial charge in [0.05, 0.1) is 23.6 Å². The van der Waals surface area contributed by atoms with Gasteiger partial charge in [-0.2, -0.15) is 0 Å². The molecule has 0 saturated carbocycles. The Bertz CT molecular complexity index is 1020. The number of rotatable bonds is 3. The quantitative estimate of drug-likeness (QED) is 0.708. The van der Waals surface area contributed by atoms with Gasteiger partial charge in [0.2, 0.25) is 5.95 Å². The van der Waals surface area contributed by atoms with Crippen LogP contribution in [0.15, 0.2) is 59.9 Å². The molecule has 0 radical (unpaired) electrons. The second-order valence-electron chi connectivity index (χ2n) is 7.13. The largest absolute Gasteiger partial charge is 0.363 e. The summed E-state index contributed by atoms with van der Waals surface area (Å²) in [5.41, 5.74) is 2.73. The summed E-state index contributed by atoms with van der Waals surface area (Å²) in [4.78, 5) is 30.4. The SMILES string of the molecule is Cn1c(N2CC3C[C@H]2CN3c2cccnc2)nc(-c2ccncc2)cc1=O. The van der Waals surface area contributed by atoms with Crippen molar-refractivity contribution >= 4 is 11.6 Å². The standard InChI is InChI=1S/C20H20N6O/c1-24-19(27)10-18(14-4-7-21-8-5-14)23-20(24)26-13-16-9-17(26)12-25(16)15-3-2-6-22-11-15/h2-8,10-11,16-17H,9,12-13H2,1H3/t16?,17-/m0/s1. The maximum Gasteiger partial charge on any atom is 0.255 e. The van der Waals surface area contributed by atoms with Crippen molar-refractivity contribution in [1.82, 2.24) is 19.5 Å². The van der Waals surface area contributed by atoms with Crippen LogP contribution in [-0.2, 0) is 7.05 Å². The van der Waals surface area contributed by atoms with E-state index in [2.05, 4.69) is 25.8 Å². The fraction of sp³-hybridized carbons (Fsp3) is 0.300. The van der Waals surface area contributed by atoms with Crippen LogP contribution >= 0.6 is 0 Å². The molecule has 2 saturated heterocycles. The number of pyridine rings is 2. The van der Waals surface area contributed by atoms with E-state index in [1.54, 1.807) is 36.3 Å². The Labute approximate surface area is 156 Å². The molecule has 2 fully saturated rings. The van der Waals surface area contributed by atoms with Crippen LogP contribution in [0, 0.1) is 0 Å². The summed E-state index contributed by atoms with van der Waals surface area (Å²) in [6, 6.07) is 10.2. The van der Waals surface area contributed by atoms with E-state index in [0.717, 1.165) is 36.7 Å². The highest BCUT2D eigenvalue weighted by molar-refractivity contribution is 5.60. The Morgan fingerprint density at radius 1 is 1.00 bits per heavy atom. The zero-order valence-corrected chi connectivity index (χ0v) is 15.1. The summed E-state index contributed by atoms with van der Waals surface area (Å²) in [6.45, 7) is 1.78. The normalized spacial score (nSPS) is 21.1. The fourth-order valence-corrected chi connectivity index (χ4v) is 4.21. The second kappa shape index (κ2) is 6.19. The summed E-state index contributed by atoms with van der Waals surface area (Å²) in [6.07, 6.45) is 8.23. The van der Waals surface area contributed by atoms with Gasteiger partial charge >= 0.3 is 0 Å². The smallest absolute Gasteiger partial charge is 0.255 e. The maximum absolute atomic E-state index is 12.5. The lowest BCUT2D eigenvalue weighted by atomic mass is 10.2. The molecule has 2 aliphatic rings. The predicted molar refractivity (Wildman–Crippen MR) is 104 cm³/mol. The highest BCUT2D eigenvalue weighted by Gasteiger charge is 2.44. The number of hydrogen-bond acceptors (Lipinski definition) is 6. The minimum absolute atomic E-state index is 0.0429. The average Bonchev–Trinajstić information content (AvgIpc) is 3.32. The van der Waals surface area contributed by atoms with Gasteiger partial charge in [-0.25, -0.2) is 4.98 Å². The first-order valence-electron chi connectivity index (χ1n) is 9.12. The van der Waals surface area contributed by atoms with Crippen LogP contribution in [0.2, 0.25) is 0 Å². The minimum atomic E-state index is -0.0429. The molecule has 2 atom stereocenters. The van der Waals surface area contributed by atoms with Crippen molar-refractivity contribution in [2.75, 3.05) is 22.9 Å². The molecule has 3 aromatic heterocycles. The van der Waals surface area contributed by atoms with E-state index in [4.69, 9.17) is 4.98 Å². The lowest BCUT2D eigenvalue weighted by Gasteiger charge is -2.36. The van der Waals surface area contributed by atoms with Crippen molar-refractivity contribution in [2.24, 2.45) is 7.05 Å². The summed E-state index contributed by atoms with van der Waals surface area (Å²) in [5, 5.41) is 0. The molecule has 2 aliphatic heterocycles. The first-order valence-corrected chi connectivity index (χ1v) is 9.12. The van der Waals surface area contributed by atoms with Crippen LogP contribution in [0.25, 0.3) is 11.3 Å². The zero-order chi connectivity index (χ0) is 18.4. The number of hydrogen-bond donors (Lipinski definition) is 0. The summed E-state index contributed by atoms with van der Waals surface area (Å²) in [7, 11) is 1.80. The van der Waals surface area contributed by atoms with Gasteiger partial charge in [0, 0.05) is 56.4 Å². The lowest BCUT2D eigenvalue weighted by molar-refractivity contribution is 0.614. The van der Waals surface area contributed by atoms with Gasteiger partial charge in [0.25, 0.3) is 5.56 Å². The van der Waals surface area contributed by atoms with Gasteiger partial charge in [-0.05, 0) is 30.7 Å². The van der Waals surface area contributed by atoms with Crippen LogP contribution in [0.5, 0.6) is 0 Å². The highest BCUT2D eigenvalue weighted by Crippen LogP contribution is 2.36. The van der Waals surface area contributed by atoms with Crippen LogP contribution in [0.3, 0.4) is 0 Å². The van der Waals surface area contributed by atoms with Gasteiger partial charge < -0.3 is 9.80 Å². The maximum atomic E-state index is 12.5. The van der Waals surface area contributed by atoms with Crippen LogP contribution in [0.1, 0.15) is 6.42 Å². The van der Waals surface area contributed by atoms with Gasteiger partial charge in [0.15, 0.2) is 0 Å². The monoisotopic (exact) mass is 360 g/mol. The van der Waals surface area contributed by atoms with Crippen molar-refractivity contribution < 1.29 is 0 Å². The van der Waals surface area contributed by atoms with Crippen molar-refractivity contribution in [3.05, 3.63) is 65.5 Å². The molecule has 5 rings (SSSR count). The molecule has 3 aromatic rings. The van der Waals surface area contributed by atoms with Gasteiger partial charge in [-0.3, -0.25) is 19.3 Å². The Hall–Kier alpha value is -3.22. The summed E-state index contributed by atoms with van der Waals surface area (Å²) in [5.74, 6) is 0.743. The minimum Gasteiger partial charge on any atom is -0.363 e. The molecule has 0 spiro atoms. The number of nitrogens with zero attached hydrogens (tertiary/aromatic N) is 6. The van der Waals surface area contributed by atoms with E-state index in [1.165, 1.54) is 0 Å². The fourth-order valence-electron chi connectivity index (χ4n) is 4.21. The Balaban J connectivity index is 1.47. The van der Waals surface area contributed by atoms with E-state index in [1.807, 2.05) is 24.4 Å². The molecule has 0 N–H and O–H groups in total. The Morgan fingerprint density at radius 3 is 2.48 bits per heavy atom. The number of aromatic nitrogens is 4. The first-order chi connectivity index (χ1) is 13.2. The van der Waals surface area contributed by atoms with E-state index >= 15 is 0 Å². The molecule has 7 heteroatoms. The third-order valence-corrected chi connectivity index (χ3v) is 5.56. The molecule has 136 valence electrons. The lowest BCUT2D eigenvalue weighted by Crippen LogP contribution is -2.48. The molecule has 0 aromatic carbocycles. The van der Waals surface area contributed by atoms with Crippen LogP contribution in [-0.4, -0.2) is 44.7 Å². The molecule has 2 bridgehead atoms. The van der Waals surface area contributed by atoms with E-state index in [9.17, 15) is 4.79 Å².